The molecule has 9 heteroatoms. The van der Waals surface area contributed by atoms with E-state index in [0.717, 1.165) is 61.7 Å². The van der Waals surface area contributed by atoms with Crippen molar-refractivity contribution in [2.24, 2.45) is 10.9 Å². The molecule has 2 aliphatic heterocycles. The van der Waals surface area contributed by atoms with Crippen LogP contribution in [0.4, 0.5) is 10.5 Å². The maximum atomic E-state index is 13.2. The van der Waals surface area contributed by atoms with Gasteiger partial charge in [-0.1, -0.05) is 6.08 Å². The van der Waals surface area contributed by atoms with Gasteiger partial charge in [-0.05, 0) is 20.8 Å². The van der Waals surface area contributed by atoms with Crippen molar-refractivity contribution in [2.75, 3.05) is 31.1 Å². The number of anilines is 1. The number of likely N-dealkylation sites (tertiary alicyclic amines) is 1. The topological polar surface area (TPSA) is 82.5 Å². The number of hydrogen-bond donors (Lipinski definition) is 0. The predicted molar refractivity (Wildman–Crippen MR) is 131 cm³/mol. The van der Waals surface area contributed by atoms with Gasteiger partial charge in [0.15, 0.2) is 0 Å². The fraction of sp³-hybridized carbons (Fsp3) is 0.500. The molecule has 2 atom stereocenters. The number of amides is 3. The van der Waals surface area contributed by atoms with Gasteiger partial charge in [-0.15, -0.1) is 0 Å². The Balaban J connectivity index is 1.56. The molecule has 2 unspecified atom stereocenters. The van der Waals surface area contributed by atoms with Crippen LogP contribution in [0, 0.1) is 8.51 Å². The number of ether oxygens (including phenoxy) is 1. The molecule has 0 spiro atoms. The van der Waals surface area contributed by atoms with Gasteiger partial charge in [0.1, 0.15) is 0 Å². The zero-order chi connectivity index (χ0) is 25.5. The van der Waals surface area contributed by atoms with Gasteiger partial charge in [0.2, 0.25) is 0 Å². The third-order valence-corrected chi connectivity index (χ3v) is 7.48. The molecular weight excluding hydrogens is 521 g/mol. The van der Waals surface area contributed by atoms with Crippen LogP contribution in [0.25, 0.3) is 0 Å². The summed E-state index contributed by atoms with van der Waals surface area (Å²) in [6.45, 7) is 9.98. The molecule has 2 saturated heterocycles. The standard InChI is InChI=1S/C26H33N4O4.Y/c1-6-22(25(32)34-7-2)16-27-20(5)28-14-12-21(13-15-28)17-29-19(4)24(31)30(26(29)33)23-10-8-18(3)9-11-23;/h6,8-11,16,19-21H,7,12-15,17H2,1-2,4-5H3;/b22-6+,27-16-;. The Kier molecular flexibility index (Phi) is 9.99. The van der Waals surface area contributed by atoms with Gasteiger partial charge in [0.25, 0.3) is 0 Å². The Bertz CT molecular complexity index is 1040. The van der Waals surface area contributed by atoms with Crippen LogP contribution in [0.3, 0.4) is 0 Å². The Hall–Kier alpha value is -2.12. The number of hydrogen-bond acceptors (Lipinski definition) is 6. The normalized spacial score (nSPS) is 21.1. The second-order valence-corrected chi connectivity index (χ2v) is 9.54. The molecule has 35 heavy (non-hydrogen) atoms. The van der Waals surface area contributed by atoms with Crippen LogP contribution < -0.4 is 4.90 Å². The summed E-state index contributed by atoms with van der Waals surface area (Å²) in [5.74, 6) is -0.219. The second-order valence-electron chi connectivity index (χ2n) is 8.83. The molecule has 0 bridgehead atoms. The van der Waals surface area contributed by atoms with Crippen molar-refractivity contribution in [2.45, 2.75) is 52.7 Å². The van der Waals surface area contributed by atoms with Gasteiger partial charge in [0, 0.05) is 6.21 Å². The number of imide groups is 1. The van der Waals surface area contributed by atoms with Gasteiger partial charge in [0.05, 0.1) is 18.3 Å². The van der Waals surface area contributed by atoms with Crippen LogP contribution in [0.15, 0.2) is 40.9 Å². The molecule has 2 aliphatic rings. The number of carbonyl (C=O) groups excluding carboxylic acids is 3. The minimum atomic E-state index is -0.470. The molecule has 0 aliphatic carbocycles. The minimum Gasteiger partial charge on any atom is -0.462 e. The molecule has 0 radical (unpaired) electrons. The molecule has 2 fully saturated rings. The van der Waals surface area contributed by atoms with E-state index in [9.17, 15) is 14.4 Å². The summed E-state index contributed by atoms with van der Waals surface area (Å²) in [7, 11) is 0. The monoisotopic (exact) mass is 554 g/mol. The van der Waals surface area contributed by atoms with Gasteiger partial charge < -0.3 is 4.74 Å². The molecule has 184 valence electrons. The van der Waals surface area contributed by atoms with E-state index in [2.05, 4.69) is 12.5 Å². The van der Waals surface area contributed by atoms with E-state index in [1.807, 2.05) is 38.1 Å². The van der Waals surface area contributed by atoms with E-state index in [4.69, 9.17) is 4.74 Å². The molecule has 2 heterocycles. The van der Waals surface area contributed by atoms with Crippen molar-refractivity contribution in [3.05, 3.63) is 41.5 Å². The van der Waals surface area contributed by atoms with Crippen molar-refractivity contribution in [1.29, 1.82) is 0 Å². The van der Waals surface area contributed by atoms with Crippen molar-refractivity contribution in [3.8, 4) is 2.59 Å². The van der Waals surface area contributed by atoms with Gasteiger partial charge in [-0.25, -0.2) is 4.79 Å². The smallest absolute Gasteiger partial charge is 0.462 e. The third-order valence-electron chi connectivity index (χ3n) is 6.66. The summed E-state index contributed by atoms with van der Waals surface area (Å²) in [5.41, 5.74) is 2.04. The van der Waals surface area contributed by atoms with Crippen LogP contribution in [0.5, 0.6) is 0 Å². The number of esters is 1. The molecule has 0 aromatic heterocycles. The number of aliphatic imine (C=N–C) groups is 1. The molecule has 0 saturated carbocycles. The first-order valence-corrected chi connectivity index (χ1v) is 13.5. The molecule has 3 rings (SSSR count). The first-order valence-electron chi connectivity index (χ1n) is 12.1. The van der Waals surface area contributed by atoms with E-state index in [1.165, 1.54) is 4.90 Å². The van der Waals surface area contributed by atoms with E-state index >= 15 is 0 Å². The first kappa shape index (κ1) is 27.5. The SMILES string of the molecule is C/C=C(\C=N/C(C)N1CCC(CN2C(=O)N(c3ccc([C]#[Y])cc3)C(=O)C2C)CC1)C(=O)OCC. The van der Waals surface area contributed by atoms with E-state index in [1.54, 1.807) is 31.0 Å². The number of allylic oxidation sites excluding steroid dienone is 1. The third kappa shape index (κ3) is 6.56. The molecule has 8 nitrogen and oxygen atoms in total. The minimum absolute atomic E-state index is 0.0622. The van der Waals surface area contributed by atoms with Gasteiger partial charge in [-0.3, -0.25) is 9.89 Å². The Morgan fingerprint density at radius 1 is 1.26 bits per heavy atom. The Labute approximate surface area is 226 Å². The van der Waals surface area contributed by atoms with E-state index in [-0.39, 0.29) is 24.1 Å². The summed E-state index contributed by atoms with van der Waals surface area (Å²) in [5, 5.41) is 0. The average molecular weight is 554 g/mol. The van der Waals surface area contributed by atoms with Crippen LogP contribution in [0.2, 0.25) is 0 Å². The number of nitrogens with zero attached hydrogens (tertiary/aromatic N) is 4. The van der Waals surface area contributed by atoms with E-state index in [0.29, 0.717) is 30.3 Å². The fourth-order valence-corrected chi connectivity index (χ4v) is 4.89. The average Bonchev–Trinajstić information content (AvgIpc) is 3.08. The van der Waals surface area contributed by atoms with Crippen molar-refractivity contribution in [1.82, 2.24) is 9.80 Å². The van der Waals surface area contributed by atoms with Crippen molar-refractivity contribution in [3.63, 3.8) is 0 Å². The number of rotatable bonds is 8. The van der Waals surface area contributed by atoms with Gasteiger partial charge in [-0.2, -0.15) is 0 Å². The zero-order valence-electron chi connectivity index (χ0n) is 20.9. The van der Waals surface area contributed by atoms with Gasteiger partial charge >= 0.3 is 157 Å². The van der Waals surface area contributed by atoms with Crippen molar-refractivity contribution >= 4 is 29.8 Å². The zero-order valence-corrected chi connectivity index (χ0v) is 23.8. The molecule has 3 amide bonds. The Morgan fingerprint density at radius 2 is 1.91 bits per heavy atom. The molecule has 1 aromatic carbocycles. The summed E-state index contributed by atoms with van der Waals surface area (Å²) in [6, 6.07) is 6.69. The molecular formula is C26H33N4O4Y. The number of benzene rings is 1. The quantitative estimate of drug-likeness (QED) is 0.213. The number of urea groups is 1. The second kappa shape index (κ2) is 12.7. The summed E-state index contributed by atoms with van der Waals surface area (Å²) in [6.07, 6.45) is 5.06. The first-order chi connectivity index (χ1) is 16.8. The fourth-order valence-electron chi connectivity index (χ4n) is 4.42. The predicted octanol–water partition coefficient (Wildman–Crippen LogP) is 3.34. The summed E-state index contributed by atoms with van der Waals surface area (Å²) in [4.78, 5) is 47.8. The maximum absolute atomic E-state index is 13.2. The number of piperidine rings is 1. The van der Waals surface area contributed by atoms with Crippen LogP contribution in [-0.2, 0) is 44.6 Å². The summed E-state index contributed by atoms with van der Waals surface area (Å²) >= 11 is 0.895. The van der Waals surface area contributed by atoms with Crippen LogP contribution >= 0.6 is 0 Å². The molecule has 0 N–H and O–H groups in total. The number of carbonyl (C=O) groups is 3. The van der Waals surface area contributed by atoms with Crippen LogP contribution in [0.1, 0.15) is 46.1 Å². The summed E-state index contributed by atoms with van der Waals surface area (Å²) < 4.78 is 8.22. The van der Waals surface area contributed by atoms with Crippen LogP contribution in [-0.4, -0.2) is 72.4 Å². The molecule has 1 aromatic rings. The van der Waals surface area contributed by atoms with Crippen molar-refractivity contribution < 1.29 is 49.4 Å². The van der Waals surface area contributed by atoms with E-state index < -0.39 is 6.04 Å². The Morgan fingerprint density at radius 3 is 2.49 bits per heavy atom.